The number of anilines is 1. The highest BCUT2D eigenvalue weighted by Gasteiger charge is 2.02. The zero-order valence-corrected chi connectivity index (χ0v) is 10.4. The summed E-state index contributed by atoms with van der Waals surface area (Å²) in [5.74, 6) is 0.625. The van der Waals surface area contributed by atoms with Crippen molar-refractivity contribution in [2.45, 2.75) is 13.5 Å². The quantitative estimate of drug-likeness (QED) is 0.689. The second kappa shape index (κ2) is 4.56. The predicted octanol–water partition coefficient (Wildman–Crippen LogP) is 0.0346. The van der Waals surface area contributed by atoms with Gasteiger partial charge in [0.05, 0.1) is 12.7 Å². The fraction of sp³-hybridized carbons (Fsp3) is 0.273. The maximum absolute atomic E-state index is 11.4. The van der Waals surface area contributed by atoms with Gasteiger partial charge >= 0.3 is 5.69 Å². The third-order valence-corrected chi connectivity index (χ3v) is 2.68. The van der Waals surface area contributed by atoms with Crippen LogP contribution in [0.15, 0.2) is 29.3 Å². The van der Waals surface area contributed by atoms with E-state index >= 15 is 0 Å². The van der Waals surface area contributed by atoms with Crippen LogP contribution in [-0.2, 0) is 6.54 Å². The molecule has 3 rings (SSSR count). The van der Waals surface area contributed by atoms with Gasteiger partial charge in [-0.25, -0.2) is 9.89 Å². The van der Waals surface area contributed by atoms with Crippen molar-refractivity contribution >= 4 is 11.5 Å². The molecule has 0 unspecified atom stereocenters. The van der Waals surface area contributed by atoms with E-state index in [0.717, 1.165) is 12.1 Å². The number of aromatic amines is 1. The third-order valence-electron chi connectivity index (χ3n) is 2.68. The lowest BCUT2D eigenvalue weighted by molar-refractivity contribution is 0.636. The van der Waals surface area contributed by atoms with Gasteiger partial charge in [0.15, 0.2) is 5.65 Å². The molecule has 0 saturated carbocycles. The van der Waals surface area contributed by atoms with Gasteiger partial charge in [0.25, 0.3) is 0 Å². The number of fused-ring (bicyclic) bond motifs is 1. The monoisotopic (exact) mass is 259 g/mol. The molecule has 19 heavy (non-hydrogen) atoms. The number of hydrogen-bond acceptors (Lipinski definition) is 5. The highest BCUT2D eigenvalue weighted by molar-refractivity contribution is 5.42. The first-order chi connectivity index (χ1) is 9.22. The van der Waals surface area contributed by atoms with Gasteiger partial charge in [-0.2, -0.15) is 14.7 Å². The lowest BCUT2D eigenvalue weighted by Gasteiger charge is -2.05. The molecule has 0 bridgehead atoms. The Bertz CT molecular complexity index is 754. The van der Waals surface area contributed by atoms with Gasteiger partial charge in [0.2, 0.25) is 0 Å². The topological polar surface area (TPSA) is 92.9 Å². The molecule has 2 N–H and O–H groups in total. The zero-order chi connectivity index (χ0) is 13.2. The smallest absolute Gasteiger partial charge is 0.364 e. The third kappa shape index (κ3) is 2.32. The van der Waals surface area contributed by atoms with E-state index in [2.05, 4.69) is 25.7 Å². The van der Waals surface area contributed by atoms with Crippen molar-refractivity contribution in [3.63, 3.8) is 0 Å². The Labute approximate surface area is 108 Å². The van der Waals surface area contributed by atoms with E-state index in [-0.39, 0.29) is 5.69 Å². The summed E-state index contributed by atoms with van der Waals surface area (Å²) in [7, 11) is 0. The summed E-state index contributed by atoms with van der Waals surface area (Å²) in [6, 6.07) is 3.51. The molecule has 98 valence electrons. The van der Waals surface area contributed by atoms with Gasteiger partial charge in [-0.05, 0) is 24.6 Å². The molecule has 0 aromatic carbocycles. The summed E-state index contributed by atoms with van der Waals surface area (Å²) in [6.07, 6.45) is 3.79. The normalized spacial score (nSPS) is 11.0. The minimum absolute atomic E-state index is 0.346. The zero-order valence-electron chi connectivity index (χ0n) is 10.4. The molecule has 0 radical (unpaired) electrons. The molecule has 3 aromatic heterocycles. The number of nitrogens with zero attached hydrogens (tertiary/aromatic N) is 5. The van der Waals surface area contributed by atoms with Crippen LogP contribution < -0.4 is 11.0 Å². The van der Waals surface area contributed by atoms with E-state index < -0.39 is 0 Å². The van der Waals surface area contributed by atoms with E-state index in [0.29, 0.717) is 18.0 Å². The largest absolute Gasteiger partial charge is 0.367 e. The molecular weight excluding hydrogens is 246 g/mol. The Kier molecular flexibility index (Phi) is 2.75. The van der Waals surface area contributed by atoms with Gasteiger partial charge in [-0.15, -0.1) is 5.10 Å². The Morgan fingerprint density at radius 2 is 2.32 bits per heavy atom. The van der Waals surface area contributed by atoms with Crippen molar-refractivity contribution < 1.29 is 0 Å². The molecular formula is C11H13N7O. The summed E-state index contributed by atoms with van der Waals surface area (Å²) in [6.45, 7) is 3.40. The van der Waals surface area contributed by atoms with Crippen LogP contribution >= 0.6 is 0 Å². The van der Waals surface area contributed by atoms with Crippen LogP contribution in [0.2, 0.25) is 0 Å². The van der Waals surface area contributed by atoms with Crippen LogP contribution in [0.1, 0.15) is 5.56 Å². The Morgan fingerprint density at radius 1 is 1.42 bits per heavy atom. The number of H-pyrrole nitrogens is 1. The van der Waals surface area contributed by atoms with E-state index in [1.54, 1.807) is 12.1 Å². The molecule has 3 aromatic rings. The van der Waals surface area contributed by atoms with Gasteiger partial charge < -0.3 is 5.32 Å². The molecule has 8 nitrogen and oxygen atoms in total. The summed E-state index contributed by atoms with van der Waals surface area (Å²) < 4.78 is 3.07. The van der Waals surface area contributed by atoms with Crippen molar-refractivity contribution in [2.75, 3.05) is 11.9 Å². The van der Waals surface area contributed by atoms with Crippen LogP contribution in [0.5, 0.6) is 0 Å². The van der Waals surface area contributed by atoms with E-state index in [1.807, 2.05) is 24.0 Å². The summed E-state index contributed by atoms with van der Waals surface area (Å²) >= 11 is 0. The highest BCUT2D eigenvalue weighted by atomic mass is 16.2. The maximum atomic E-state index is 11.4. The Balaban J connectivity index is 1.68. The van der Waals surface area contributed by atoms with Crippen LogP contribution in [-0.4, -0.2) is 36.1 Å². The Hall–Kier alpha value is -2.64. The fourth-order valence-corrected chi connectivity index (χ4v) is 1.78. The van der Waals surface area contributed by atoms with E-state index in [1.165, 1.54) is 4.52 Å². The first-order valence-corrected chi connectivity index (χ1v) is 5.90. The SMILES string of the molecule is Cc1cnn(CCNc2ccc3n[nH]c(=O)n3n2)c1. The summed E-state index contributed by atoms with van der Waals surface area (Å²) in [5.41, 5.74) is 1.28. The van der Waals surface area contributed by atoms with Gasteiger partial charge in [0, 0.05) is 12.7 Å². The van der Waals surface area contributed by atoms with Gasteiger partial charge in [-0.3, -0.25) is 4.68 Å². The minimum atomic E-state index is -0.346. The minimum Gasteiger partial charge on any atom is -0.367 e. The standard InChI is InChI=1S/C11H13N7O/c1-8-6-13-17(7-8)5-4-12-9-2-3-10-14-15-11(19)18(10)16-9/h2-3,6-7H,4-5H2,1H3,(H,12,16)(H,15,19). The first-order valence-electron chi connectivity index (χ1n) is 5.90. The highest BCUT2D eigenvalue weighted by Crippen LogP contribution is 2.02. The summed E-state index contributed by atoms with van der Waals surface area (Å²) in [4.78, 5) is 11.4. The molecule has 0 saturated heterocycles. The molecule has 0 aliphatic heterocycles. The number of rotatable bonds is 4. The predicted molar refractivity (Wildman–Crippen MR) is 69.1 cm³/mol. The average Bonchev–Trinajstić information content (AvgIpc) is 2.97. The van der Waals surface area contributed by atoms with Crippen molar-refractivity contribution in [3.8, 4) is 0 Å². The second-order valence-electron chi connectivity index (χ2n) is 4.22. The van der Waals surface area contributed by atoms with Crippen LogP contribution in [0, 0.1) is 6.92 Å². The van der Waals surface area contributed by atoms with Crippen LogP contribution in [0.3, 0.4) is 0 Å². The average molecular weight is 259 g/mol. The van der Waals surface area contributed by atoms with E-state index in [4.69, 9.17) is 0 Å². The van der Waals surface area contributed by atoms with Crippen molar-refractivity contribution in [1.29, 1.82) is 0 Å². The molecule has 0 fully saturated rings. The van der Waals surface area contributed by atoms with Crippen molar-refractivity contribution in [1.82, 2.24) is 29.6 Å². The van der Waals surface area contributed by atoms with Crippen LogP contribution in [0.25, 0.3) is 5.65 Å². The maximum Gasteiger partial charge on any atom is 0.364 e. The first kappa shape index (κ1) is 11.5. The van der Waals surface area contributed by atoms with Gasteiger partial charge in [0.1, 0.15) is 5.82 Å². The fourth-order valence-electron chi connectivity index (χ4n) is 1.78. The van der Waals surface area contributed by atoms with E-state index in [9.17, 15) is 4.79 Å². The molecule has 0 aliphatic carbocycles. The van der Waals surface area contributed by atoms with Crippen molar-refractivity contribution in [3.05, 3.63) is 40.6 Å². The lowest BCUT2D eigenvalue weighted by atomic mass is 10.4. The lowest BCUT2D eigenvalue weighted by Crippen LogP contribution is -2.16. The number of hydrogen-bond donors (Lipinski definition) is 2. The van der Waals surface area contributed by atoms with Gasteiger partial charge in [-0.1, -0.05) is 0 Å². The Morgan fingerprint density at radius 3 is 3.11 bits per heavy atom. The van der Waals surface area contributed by atoms with Crippen molar-refractivity contribution in [2.24, 2.45) is 0 Å². The molecule has 0 aliphatic rings. The molecule has 8 heteroatoms. The number of aryl methyl sites for hydroxylation is 1. The number of aromatic nitrogens is 6. The molecule has 0 amide bonds. The molecule has 3 heterocycles. The molecule has 0 spiro atoms. The van der Waals surface area contributed by atoms with Crippen LogP contribution in [0.4, 0.5) is 5.82 Å². The molecule has 0 atom stereocenters. The second-order valence-corrected chi connectivity index (χ2v) is 4.22. The summed E-state index contributed by atoms with van der Waals surface area (Å²) in [5, 5.41) is 17.6. The number of nitrogens with one attached hydrogen (secondary N) is 2.